The molecule has 1 saturated carbocycles. The van der Waals surface area contributed by atoms with Crippen molar-refractivity contribution < 1.29 is 22.7 Å². The maximum absolute atomic E-state index is 12.3. The lowest BCUT2D eigenvalue weighted by Crippen LogP contribution is -2.29. The number of halogens is 3. The predicted molar refractivity (Wildman–Crippen MR) is 130 cm³/mol. The van der Waals surface area contributed by atoms with Crippen LogP contribution in [0.25, 0.3) is 0 Å². The average molecular weight is 527 g/mol. The largest absolute Gasteiger partial charge is 0.470 e. The minimum atomic E-state index is -4.21. The molecule has 1 aliphatic carbocycles. The second-order valence-corrected chi connectivity index (χ2v) is 10.7. The minimum Gasteiger partial charge on any atom is -0.470 e. The van der Waals surface area contributed by atoms with Gasteiger partial charge in [0.05, 0.1) is 37.0 Å². The van der Waals surface area contributed by atoms with Gasteiger partial charge in [0.1, 0.15) is 0 Å². The van der Waals surface area contributed by atoms with E-state index in [0.717, 1.165) is 75.2 Å². The third-order valence-corrected chi connectivity index (χ3v) is 7.91. The smallest absolute Gasteiger partial charge is 0.392 e. The third kappa shape index (κ3) is 8.36. The van der Waals surface area contributed by atoms with Gasteiger partial charge in [-0.3, -0.25) is 4.79 Å². The molecule has 0 spiro atoms. The van der Waals surface area contributed by atoms with Crippen molar-refractivity contribution >= 4 is 23.5 Å². The van der Waals surface area contributed by atoms with E-state index in [1.54, 1.807) is 13.2 Å². The highest BCUT2D eigenvalue weighted by Gasteiger charge is 2.27. The molecule has 0 aromatic carbocycles. The molecular weight excluding hydrogens is 493 g/mol. The monoisotopic (exact) mass is 526 g/mol. The summed E-state index contributed by atoms with van der Waals surface area (Å²) in [4.78, 5) is 25.7. The van der Waals surface area contributed by atoms with Gasteiger partial charge in [-0.05, 0) is 56.9 Å². The molecule has 3 heterocycles. The number of aryl methyl sites for hydroxylation is 1. The first-order valence-electron chi connectivity index (χ1n) is 12.6. The highest BCUT2D eigenvalue weighted by Crippen LogP contribution is 2.32. The molecular formula is C24H33F3N6O2S. The Kier molecular flexibility index (Phi) is 9.10. The fourth-order valence-electron chi connectivity index (χ4n) is 4.77. The molecule has 1 fully saturated rings. The minimum absolute atomic E-state index is 0.179. The Balaban J connectivity index is 1.12. The number of alkyl halides is 3. The van der Waals surface area contributed by atoms with Gasteiger partial charge in [-0.1, -0.05) is 11.3 Å². The molecule has 36 heavy (non-hydrogen) atoms. The highest BCUT2D eigenvalue weighted by molar-refractivity contribution is 7.13. The van der Waals surface area contributed by atoms with Crippen LogP contribution in [0.15, 0.2) is 11.2 Å². The Labute approximate surface area is 212 Å². The second kappa shape index (κ2) is 12.3. The fourth-order valence-corrected chi connectivity index (χ4v) is 5.74. The molecule has 2 aromatic rings. The lowest BCUT2D eigenvalue weighted by molar-refractivity contribution is -0.139. The van der Waals surface area contributed by atoms with Gasteiger partial charge in [0.25, 0.3) is 11.1 Å². The topological polar surface area (TPSA) is 85.5 Å². The number of rotatable bonds is 9. The van der Waals surface area contributed by atoms with Crippen LogP contribution in [0.2, 0.25) is 0 Å². The van der Waals surface area contributed by atoms with Gasteiger partial charge in [0, 0.05) is 37.6 Å². The van der Waals surface area contributed by atoms with Crippen LogP contribution in [0.3, 0.4) is 0 Å². The molecule has 12 heteroatoms. The fraction of sp³-hybridized carbons (Fsp3) is 0.708. The standard InChI is InChI=1S/C24H33F3N6O2S/c1-32-29-16-19(31-32)14-22(34)28-15-18-4-2-17(3-5-18)6-10-33-11-7-20-21(8-12-33)36-23(30-20)35-13-9-24(25,26)27/h15-18H,2-14H2,1H3. The maximum Gasteiger partial charge on any atom is 0.392 e. The normalized spacial score (nSPS) is 21.4. The number of thiazole rings is 1. The van der Waals surface area contributed by atoms with Crippen LogP contribution in [0, 0.1) is 11.8 Å². The van der Waals surface area contributed by atoms with Gasteiger partial charge in [-0.2, -0.15) is 28.2 Å². The number of fused-ring (bicyclic) bond motifs is 1. The second-order valence-electron chi connectivity index (χ2n) is 9.65. The van der Waals surface area contributed by atoms with E-state index in [-0.39, 0.29) is 18.9 Å². The number of ether oxygens (including phenoxy) is 1. The number of nitrogens with zero attached hydrogens (tertiary/aromatic N) is 6. The summed E-state index contributed by atoms with van der Waals surface area (Å²) in [7, 11) is 1.72. The molecule has 0 unspecified atom stereocenters. The molecule has 0 bridgehead atoms. The third-order valence-electron chi connectivity index (χ3n) is 6.84. The van der Waals surface area contributed by atoms with E-state index < -0.39 is 12.6 Å². The Morgan fingerprint density at radius 2 is 2.03 bits per heavy atom. The van der Waals surface area contributed by atoms with Crippen molar-refractivity contribution in [1.82, 2.24) is 24.9 Å². The van der Waals surface area contributed by atoms with Crippen molar-refractivity contribution in [3.63, 3.8) is 0 Å². The number of hydrogen-bond donors (Lipinski definition) is 0. The van der Waals surface area contributed by atoms with Crippen LogP contribution in [-0.4, -0.2) is 69.4 Å². The van der Waals surface area contributed by atoms with Crippen LogP contribution in [0.4, 0.5) is 13.2 Å². The summed E-state index contributed by atoms with van der Waals surface area (Å²) in [6.45, 7) is 2.51. The number of amides is 1. The van der Waals surface area contributed by atoms with Crippen LogP contribution in [0.1, 0.15) is 54.8 Å². The first-order valence-corrected chi connectivity index (χ1v) is 13.4. The Bertz CT molecular complexity index is 1000. The Hall–Kier alpha value is -2.34. The number of carbonyl (C=O) groups excluding carboxylic acids is 1. The summed E-state index contributed by atoms with van der Waals surface area (Å²) >= 11 is 1.38. The Morgan fingerprint density at radius 3 is 2.75 bits per heavy atom. The zero-order valence-electron chi connectivity index (χ0n) is 20.5. The van der Waals surface area contributed by atoms with E-state index >= 15 is 0 Å². The summed E-state index contributed by atoms with van der Waals surface area (Å²) in [5.41, 5.74) is 1.61. The molecule has 0 saturated heterocycles. The van der Waals surface area contributed by atoms with Gasteiger partial charge in [-0.15, -0.1) is 0 Å². The SMILES string of the molecule is Cn1ncc(CC(=O)N=CC2CCC(CCN3CCc4nc(OCCC(F)(F)F)sc4CC3)CC2)n1. The van der Waals surface area contributed by atoms with Crippen molar-refractivity contribution in [2.45, 2.75) is 64.0 Å². The predicted octanol–water partition coefficient (Wildman–Crippen LogP) is 4.04. The molecule has 8 nitrogen and oxygen atoms in total. The summed E-state index contributed by atoms with van der Waals surface area (Å²) in [6, 6.07) is 0. The lowest BCUT2D eigenvalue weighted by atomic mass is 9.81. The van der Waals surface area contributed by atoms with E-state index in [2.05, 4.69) is 25.1 Å². The Morgan fingerprint density at radius 1 is 1.25 bits per heavy atom. The molecule has 2 aliphatic rings. The van der Waals surface area contributed by atoms with Crippen molar-refractivity contribution in [3.8, 4) is 5.19 Å². The van der Waals surface area contributed by atoms with E-state index in [1.807, 2.05) is 6.21 Å². The van der Waals surface area contributed by atoms with Gasteiger partial charge >= 0.3 is 6.18 Å². The van der Waals surface area contributed by atoms with Gasteiger partial charge in [-0.25, -0.2) is 9.98 Å². The zero-order valence-corrected chi connectivity index (χ0v) is 21.4. The summed E-state index contributed by atoms with van der Waals surface area (Å²) in [6.07, 6.45) is 5.68. The number of aromatic nitrogens is 4. The highest BCUT2D eigenvalue weighted by atomic mass is 32.1. The number of aliphatic imine (C=N–C) groups is 1. The van der Waals surface area contributed by atoms with Crippen molar-refractivity contribution in [1.29, 1.82) is 0 Å². The molecule has 2 aromatic heterocycles. The lowest BCUT2D eigenvalue weighted by Gasteiger charge is -2.28. The molecule has 0 N–H and O–H groups in total. The van der Waals surface area contributed by atoms with Crippen LogP contribution in [-0.2, 0) is 31.1 Å². The van der Waals surface area contributed by atoms with Crippen LogP contribution in [0.5, 0.6) is 5.19 Å². The van der Waals surface area contributed by atoms with E-state index in [1.165, 1.54) is 16.1 Å². The average Bonchev–Trinajstić information content (AvgIpc) is 3.36. The number of hydrogen-bond acceptors (Lipinski definition) is 7. The molecule has 0 radical (unpaired) electrons. The van der Waals surface area contributed by atoms with Gasteiger partial charge in [0.15, 0.2) is 0 Å². The summed E-state index contributed by atoms with van der Waals surface area (Å²) < 4.78 is 42.2. The number of carbonyl (C=O) groups is 1. The zero-order chi connectivity index (χ0) is 25.5. The van der Waals surface area contributed by atoms with E-state index in [0.29, 0.717) is 22.7 Å². The summed E-state index contributed by atoms with van der Waals surface area (Å²) in [5.74, 6) is 0.871. The van der Waals surface area contributed by atoms with Gasteiger partial charge < -0.3 is 9.64 Å². The molecule has 198 valence electrons. The van der Waals surface area contributed by atoms with Crippen molar-refractivity contribution in [3.05, 3.63) is 22.5 Å². The molecule has 4 rings (SSSR count). The van der Waals surface area contributed by atoms with E-state index in [9.17, 15) is 18.0 Å². The quantitative estimate of drug-likeness (QED) is 0.459. The summed E-state index contributed by atoms with van der Waals surface area (Å²) in [5, 5.41) is 8.44. The molecule has 0 atom stereocenters. The molecule has 1 aliphatic heterocycles. The first kappa shape index (κ1) is 26.7. The van der Waals surface area contributed by atoms with Gasteiger partial charge in [0.2, 0.25) is 0 Å². The van der Waals surface area contributed by atoms with E-state index in [4.69, 9.17) is 4.74 Å². The van der Waals surface area contributed by atoms with Crippen LogP contribution < -0.4 is 4.74 Å². The first-order chi connectivity index (χ1) is 17.2. The van der Waals surface area contributed by atoms with Crippen LogP contribution >= 0.6 is 11.3 Å². The maximum atomic E-state index is 12.3. The molecule has 1 amide bonds. The van der Waals surface area contributed by atoms with Crippen molar-refractivity contribution in [2.75, 3.05) is 26.2 Å². The van der Waals surface area contributed by atoms with Crippen molar-refractivity contribution in [2.24, 2.45) is 23.9 Å².